The number of nitrogens with one attached hydrogen (secondary N) is 1. The van der Waals surface area contributed by atoms with Crippen molar-refractivity contribution in [2.75, 3.05) is 11.9 Å². The molecule has 0 saturated heterocycles. The number of amidine groups is 1. The van der Waals surface area contributed by atoms with E-state index in [-0.39, 0.29) is 5.78 Å². The summed E-state index contributed by atoms with van der Waals surface area (Å²) in [7, 11) is 0. The number of ketones is 1. The Morgan fingerprint density at radius 1 is 1.35 bits per heavy atom. The summed E-state index contributed by atoms with van der Waals surface area (Å²) in [5.74, 6) is 0.834. The van der Waals surface area contributed by atoms with Gasteiger partial charge in [-0.15, -0.1) is 0 Å². The lowest BCUT2D eigenvalue weighted by atomic mass is 9.99. The van der Waals surface area contributed by atoms with Crippen molar-refractivity contribution in [2.45, 2.75) is 38.9 Å². The number of hydrogen-bond donors (Lipinski definition) is 1. The first-order valence-electron chi connectivity index (χ1n) is 7.23. The average molecular weight is 290 g/mol. The van der Waals surface area contributed by atoms with Crippen molar-refractivity contribution in [2.24, 2.45) is 10.9 Å². The van der Waals surface area contributed by atoms with E-state index < -0.39 is 0 Å². The molecule has 1 unspecified atom stereocenters. The number of carbonyl (C=O) groups is 1. The molecule has 0 aliphatic carbocycles. The van der Waals surface area contributed by atoms with Gasteiger partial charge in [0.05, 0.1) is 6.54 Å². The van der Waals surface area contributed by atoms with Crippen molar-refractivity contribution in [3.05, 3.63) is 29.8 Å². The number of benzene rings is 1. The van der Waals surface area contributed by atoms with Crippen LogP contribution in [-0.2, 0) is 0 Å². The van der Waals surface area contributed by atoms with Crippen LogP contribution in [0.2, 0.25) is 0 Å². The summed E-state index contributed by atoms with van der Waals surface area (Å²) in [6.45, 7) is 6.99. The molecule has 4 heteroatoms. The van der Waals surface area contributed by atoms with E-state index in [2.05, 4.69) is 24.2 Å². The van der Waals surface area contributed by atoms with Crippen LogP contribution in [0.1, 0.15) is 44.0 Å². The minimum absolute atomic E-state index is 0.0953. The zero-order valence-electron chi connectivity index (χ0n) is 12.3. The molecule has 1 aliphatic heterocycles. The highest BCUT2D eigenvalue weighted by molar-refractivity contribution is 8.15. The van der Waals surface area contributed by atoms with Crippen LogP contribution in [0.25, 0.3) is 0 Å². The predicted octanol–water partition coefficient (Wildman–Crippen LogP) is 4.21. The molecule has 1 heterocycles. The Morgan fingerprint density at radius 2 is 2.00 bits per heavy atom. The molecule has 1 N–H and O–H groups in total. The predicted molar refractivity (Wildman–Crippen MR) is 87.8 cm³/mol. The average Bonchev–Trinajstić information content (AvgIpc) is 2.89. The Bertz CT molecular complexity index is 492. The van der Waals surface area contributed by atoms with Crippen molar-refractivity contribution in [3.63, 3.8) is 0 Å². The molecule has 0 saturated carbocycles. The third kappa shape index (κ3) is 3.63. The molecule has 3 nitrogen and oxygen atoms in total. The first-order valence-corrected chi connectivity index (χ1v) is 8.11. The molecule has 0 bridgehead atoms. The fourth-order valence-corrected chi connectivity index (χ4v) is 3.77. The van der Waals surface area contributed by atoms with Gasteiger partial charge in [0.2, 0.25) is 0 Å². The summed E-state index contributed by atoms with van der Waals surface area (Å²) in [6, 6.07) is 7.57. The van der Waals surface area contributed by atoms with Crippen LogP contribution >= 0.6 is 11.8 Å². The van der Waals surface area contributed by atoms with Gasteiger partial charge in [-0.25, -0.2) is 0 Å². The van der Waals surface area contributed by atoms with Gasteiger partial charge in [0.15, 0.2) is 11.0 Å². The molecule has 20 heavy (non-hydrogen) atoms. The van der Waals surface area contributed by atoms with Gasteiger partial charge in [-0.05, 0) is 37.1 Å². The molecule has 0 fully saturated rings. The number of rotatable bonds is 5. The van der Waals surface area contributed by atoms with E-state index in [4.69, 9.17) is 0 Å². The van der Waals surface area contributed by atoms with E-state index in [9.17, 15) is 4.79 Å². The molecule has 0 radical (unpaired) electrons. The Kier molecular flexibility index (Phi) is 5.24. The van der Waals surface area contributed by atoms with Gasteiger partial charge in [-0.3, -0.25) is 9.79 Å². The number of thioether (sulfide) groups is 1. The fraction of sp³-hybridized carbons (Fsp3) is 0.500. The molecule has 1 aliphatic rings. The monoisotopic (exact) mass is 290 g/mol. The van der Waals surface area contributed by atoms with Gasteiger partial charge < -0.3 is 5.32 Å². The summed E-state index contributed by atoms with van der Waals surface area (Å²) in [5.41, 5.74) is 1.73. The summed E-state index contributed by atoms with van der Waals surface area (Å²) >= 11 is 1.85. The van der Waals surface area contributed by atoms with Crippen molar-refractivity contribution < 1.29 is 4.79 Å². The Hall–Kier alpha value is -1.29. The lowest BCUT2D eigenvalue weighted by Crippen LogP contribution is -2.17. The molecular weight excluding hydrogens is 268 g/mol. The SMILES string of the molecule is CCC(CC)C1CN=C(Nc2ccc(C(C)=O)cc2)S1. The molecular formula is C16H22N2OS. The Balaban J connectivity index is 1.93. The topological polar surface area (TPSA) is 41.5 Å². The second-order valence-corrected chi connectivity index (χ2v) is 6.37. The maximum absolute atomic E-state index is 11.2. The minimum Gasteiger partial charge on any atom is -0.335 e. The Morgan fingerprint density at radius 3 is 2.55 bits per heavy atom. The van der Waals surface area contributed by atoms with Crippen LogP contribution in [-0.4, -0.2) is 22.7 Å². The van der Waals surface area contributed by atoms with Gasteiger partial charge in [-0.2, -0.15) is 0 Å². The first kappa shape index (κ1) is 15.1. The van der Waals surface area contributed by atoms with E-state index in [0.717, 1.165) is 28.9 Å². The zero-order valence-corrected chi connectivity index (χ0v) is 13.2. The van der Waals surface area contributed by atoms with Crippen LogP contribution in [0.4, 0.5) is 5.69 Å². The molecule has 108 valence electrons. The van der Waals surface area contributed by atoms with Gasteiger partial charge in [-0.1, -0.05) is 38.5 Å². The quantitative estimate of drug-likeness (QED) is 0.826. The van der Waals surface area contributed by atoms with E-state index in [1.165, 1.54) is 12.8 Å². The van der Waals surface area contributed by atoms with Crippen LogP contribution in [0.15, 0.2) is 29.3 Å². The molecule has 0 spiro atoms. The van der Waals surface area contributed by atoms with Crippen molar-refractivity contribution in [3.8, 4) is 0 Å². The van der Waals surface area contributed by atoms with E-state index in [1.807, 2.05) is 36.0 Å². The number of aliphatic imine (C=N–C) groups is 1. The highest BCUT2D eigenvalue weighted by Gasteiger charge is 2.25. The molecule has 1 aromatic rings. The van der Waals surface area contributed by atoms with Crippen LogP contribution < -0.4 is 5.32 Å². The number of carbonyl (C=O) groups excluding carboxylic acids is 1. The second-order valence-electron chi connectivity index (χ2n) is 5.14. The molecule has 1 atom stereocenters. The Labute approximate surface area is 125 Å². The standard InChI is InChI=1S/C16H22N2OS/c1-4-12(5-2)15-10-17-16(20-15)18-14-8-6-13(7-9-14)11(3)19/h6-9,12,15H,4-5,10H2,1-3H3,(H,17,18). The lowest BCUT2D eigenvalue weighted by molar-refractivity contribution is 0.101. The molecule has 0 amide bonds. The lowest BCUT2D eigenvalue weighted by Gasteiger charge is -2.18. The van der Waals surface area contributed by atoms with Crippen LogP contribution in [0.5, 0.6) is 0 Å². The van der Waals surface area contributed by atoms with Gasteiger partial charge in [0.1, 0.15) is 0 Å². The smallest absolute Gasteiger partial charge is 0.161 e. The number of nitrogens with zero attached hydrogens (tertiary/aromatic N) is 1. The maximum atomic E-state index is 11.2. The number of Topliss-reactive ketones (excluding diaryl/α,β-unsaturated/α-hetero) is 1. The molecule has 2 rings (SSSR count). The summed E-state index contributed by atoms with van der Waals surface area (Å²) in [6.07, 6.45) is 2.43. The number of hydrogen-bond acceptors (Lipinski definition) is 4. The first-order chi connectivity index (χ1) is 9.63. The minimum atomic E-state index is 0.0953. The number of anilines is 1. The largest absolute Gasteiger partial charge is 0.335 e. The summed E-state index contributed by atoms with van der Waals surface area (Å²) in [5, 5.41) is 4.94. The third-order valence-electron chi connectivity index (χ3n) is 3.80. The fourth-order valence-electron chi connectivity index (χ4n) is 2.43. The van der Waals surface area contributed by atoms with Crippen LogP contribution in [0.3, 0.4) is 0 Å². The second kappa shape index (κ2) is 6.93. The van der Waals surface area contributed by atoms with Gasteiger partial charge in [0.25, 0.3) is 0 Å². The zero-order chi connectivity index (χ0) is 14.5. The van der Waals surface area contributed by atoms with E-state index >= 15 is 0 Å². The van der Waals surface area contributed by atoms with Crippen molar-refractivity contribution in [1.29, 1.82) is 0 Å². The van der Waals surface area contributed by atoms with Gasteiger partial charge in [0, 0.05) is 16.5 Å². The van der Waals surface area contributed by atoms with Crippen LogP contribution in [0, 0.1) is 5.92 Å². The third-order valence-corrected chi connectivity index (χ3v) is 5.09. The summed E-state index contributed by atoms with van der Waals surface area (Å²) < 4.78 is 0. The summed E-state index contributed by atoms with van der Waals surface area (Å²) in [4.78, 5) is 15.8. The van der Waals surface area contributed by atoms with E-state index in [1.54, 1.807) is 6.92 Å². The molecule has 1 aromatic carbocycles. The molecule has 0 aromatic heterocycles. The van der Waals surface area contributed by atoms with Crippen molar-refractivity contribution >= 4 is 28.4 Å². The maximum Gasteiger partial charge on any atom is 0.161 e. The highest BCUT2D eigenvalue weighted by Crippen LogP contribution is 2.31. The van der Waals surface area contributed by atoms with E-state index in [0.29, 0.717) is 5.25 Å². The normalized spacial score (nSPS) is 18.2. The van der Waals surface area contributed by atoms with Crippen molar-refractivity contribution in [1.82, 2.24) is 0 Å². The van der Waals surface area contributed by atoms with Gasteiger partial charge >= 0.3 is 0 Å². The highest BCUT2D eigenvalue weighted by atomic mass is 32.2.